The second-order valence-corrected chi connectivity index (χ2v) is 15.5. The van der Waals surface area contributed by atoms with E-state index in [9.17, 15) is 33.9 Å². The molecule has 15 nitrogen and oxygen atoms in total. The van der Waals surface area contributed by atoms with Gasteiger partial charge in [-0.15, -0.1) is 0 Å². The van der Waals surface area contributed by atoms with Gasteiger partial charge in [0, 0.05) is 36.1 Å². The van der Waals surface area contributed by atoms with E-state index in [4.69, 9.17) is 9.47 Å². The number of carboxylic acids is 1. The average Bonchev–Trinajstić information content (AvgIpc) is 3.72. The van der Waals surface area contributed by atoms with Crippen LogP contribution in [0.5, 0.6) is 0 Å². The molecule has 4 saturated heterocycles. The number of rotatable bonds is 20. The lowest BCUT2D eigenvalue weighted by Crippen LogP contribution is -2.70. The summed E-state index contributed by atoms with van der Waals surface area (Å²) in [6.45, 7) is 5.36. The van der Waals surface area contributed by atoms with Gasteiger partial charge in [-0.3, -0.25) is 19.2 Å². The van der Waals surface area contributed by atoms with Crippen molar-refractivity contribution < 1.29 is 43.3 Å². The fourth-order valence-electron chi connectivity index (χ4n) is 7.33. The molecule has 1 aromatic rings. The van der Waals surface area contributed by atoms with Crippen molar-refractivity contribution >= 4 is 53.1 Å². The number of unbranched alkanes of at least 4 members (excludes halogenated alkanes) is 1. The molecule has 280 valence electrons. The van der Waals surface area contributed by atoms with Crippen molar-refractivity contribution in [3.05, 3.63) is 29.8 Å². The number of amides is 6. The summed E-state index contributed by atoms with van der Waals surface area (Å²) in [5.41, 5.74) is 0.955. The second-order valence-electron chi connectivity index (χ2n) is 14.2. The molecule has 4 aliphatic heterocycles. The number of ether oxygens (including phenoxy) is 2. The Hall–Kier alpha value is -3.89. The molecule has 1 aromatic carbocycles. The third kappa shape index (κ3) is 10.1. The molecule has 0 saturated carbocycles. The summed E-state index contributed by atoms with van der Waals surface area (Å²) in [4.78, 5) is 74.1. The second kappa shape index (κ2) is 17.6. The molecule has 4 fully saturated rings. The van der Waals surface area contributed by atoms with E-state index in [1.54, 1.807) is 12.1 Å². The minimum Gasteiger partial charge on any atom is -0.480 e. The summed E-state index contributed by atoms with van der Waals surface area (Å²) in [5.74, 6) is -0.903. The van der Waals surface area contributed by atoms with Crippen LogP contribution in [0.25, 0.3) is 0 Å². The number of fused-ring (bicyclic) bond motifs is 2. The van der Waals surface area contributed by atoms with Crippen LogP contribution in [-0.2, 0) is 39.9 Å². The van der Waals surface area contributed by atoms with Crippen LogP contribution in [-0.4, -0.2) is 120 Å². The van der Waals surface area contributed by atoms with Gasteiger partial charge in [0.1, 0.15) is 12.1 Å². The third-order valence-corrected chi connectivity index (χ3v) is 11.4. The number of nitrogens with zero attached hydrogens (tertiary/aromatic N) is 1. The van der Waals surface area contributed by atoms with Crippen LogP contribution in [0.1, 0.15) is 64.4 Å². The Kier molecular flexibility index (Phi) is 13.2. The fraction of sp³-hybridized carbons (Fsp3) is 0.657. The highest BCUT2D eigenvalue weighted by molar-refractivity contribution is 8.00. The number of thioether (sulfide) groups is 1. The van der Waals surface area contributed by atoms with E-state index in [1.807, 2.05) is 37.7 Å². The predicted octanol–water partition coefficient (Wildman–Crippen LogP) is 1.40. The van der Waals surface area contributed by atoms with E-state index in [-0.39, 0.29) is 67.2 Å². The van der Waals surface area contributed by atoms with Crippen molar-refractivity contribution in [1.82, 2.24) is 26.2 Å². The Labute approximate surface area is 302 Å². The van der Waals surface area contributed by atoms with Crippen LogP contribution >= 0.6 is 11.8 Å². The Morgan fingerprint density at radius 1 is 0.941 bits per heavy atom. The standard InChI is InChI=1S/C35H50N6O9S/c1-35(2)19-24-30(32(45)41(24)31(35)33(46)47)39-27(43)12-9-21-7-10-22(11-8-21)37-28(44)13-15-49-17-18-50-16-14-36-26(42)6-4-3-5-25-29-23(20-51-25)38-34(48)40-29/h7-8,10-11,23-25,29-31H,3-6,9,12-20H2,1-2H3,(H,36,42)(H,37,44)(H,39,43)(H,46,47)(H2,38,40,48)/t23?,24-,25?,29?,30+,31+/m1/s1. The number of hydrogen-bond acceptors (Lipinski definition) is 9. The molecule has 0 radical (unpaired) electrons. The summed E-state index contributed by atoms with van der Waals surface area (Å²) in [6, 6.07) is 5.65. The zero-order chi connectivity index (χ0) is 36.5. The van der Waals surface area contributed by atoms with Crippen LogP contribution in [0.2, 0.25) is 0 Å². The number of benzene rings is 1. The van der Waals surface area contributed by atoms with Gasteiger partial charge in [0.05, 0.1) is 51.0 Å². The molecule has 0 aliphatic carbocycles. The summed E-state index contributed by atoms with van der Waals surface area (Å²) >= 11 is 1.88. The van der Waals surface area contributed by atoms with Gasteiger partial charge in [-0.1, -0.05) is 32.4 Å². The van der Waals surface area contributed by atoms with Crippen LogP contribution in [0.15, 0.2) is 24.3 Å². The number of carboxylic acid groups (broad SMARTS) is 1. The Balaban J connectivity index is 0.838. The highest BCUT2D eigenvalue weighted by atomic mass is 32.2. The van der Waals surface area contributed by atoms with E-state index in [0.29, 0.717) is 56.6 Å². The lowest BCUT2D eigenvalue weighted by atomic mass is 9.83. The number of carbonyl (C=O) groups excluding carboxylic acids is 5. The fourth-order valence-corrected chi connectivity index (χ4v) is 8.88. The van der Waals surface area contributed by atoms with Gasteiger partial charge in [-0.25, -0.2) is 9.59 Å². The van der Waals surface area contributed by atoms with E-state index in [0.717, 1.165) is 30.6 Å². The third-order valence-electron chi connectivity index (χ3n) is 9.94. The Bertz CT molecular complexity index is 1440. The van der Waals surface area contributed by atoms with Crippen molar-refractivity contribution in [1.29, 1.82) is 0 Å². The molecule has 0 bridgehead atoms. The van der Waals surface area contributed by atoms with E-state index in [1.165, 1.54) is 4.90 Å². The Morgan fingerprint density at radius 2 is 1.69 bits per heavy atom. The number of aliphatic carboxylic acids is 1. The molecule has 0 spiro atoms. The summed E-state index contributed by atoms with van der Waals surface area (Å²) in [5, 5.41) is 24.4. The predicted molar refractivity (Wildman–Crippen MR) is 189 cm³/mol. The first-order valence-electron chi connectivity index (χ1n) is 17.8. The van der Waals surface area contributed by atoms with Crippen LogP contribution in [0.3, 0.4) is 0 Å². The SMILES string of the molecule is CC1(C)C[C@@H]2[C@H](NC(=O)CCc3ccc(NC(=O)CCOCCOCCNC(=O)CCCCC4SCC5NC(=O)NC54)cc3)C(=O)N2[C@H]1C(=O)O. The molecule has 5 rings (SSSR count). The van der Waals surface area contributed by atoms with Gasteiger partial charge in [-0.2, -0.15) is 11.8 Å². The number of urea groups is 1. The summed E-state index contributed by atoms with van der Waals surface area (Å²) < 4.78 is 11.0. The van der Waals surface area contributed by atoms with E-state index >= 15 is 0 Å². The van der Waals surface area contributed by atoms with Gasteiger partial charge >= 0.3 is 12.0 Å². The highest BCUT2D eigenvalue weighted by Gasteiger charge is 2.63. The van der Waals surface area contributed by atoms with Crippen molar-refractivity contribution in [2.45, 2.75) is 101 Å². The number of carbonyl (C=O) groups is 6. The first-order chi connectivity index (χ1) is 24.4. The van der Waals surface area contributed by atoms with Crippen molar-refractivity contribution in [3.63, 3.8) is 0 Å². The van der Waals surface area contributed by atoms with E-state index in [2.05, 4.69) is 26.6 Å². The van der Waals surface area contributed by atoms with Gasteiger partial charge in [-0.05, 0) is 48.8 Å². The maximum absolute atomic E-state index is 12.6. The summed E-state index contributed by atoms with van der Waals surface area (Å²) in [7, 11) is 0. The zero-order valence-corrected chi connectivity index (χ0v) is 30.1. The largest absolute Gasteiger partial charge is 0.480 e. The minimum atomic E-state index is -1.03. The summed E-state index contributed by atoms with van der Waals surface area (Å²) in [6.07, 6.45) is 4.50. The maximum Gasteiger partial charge on any atom is 0.326 e. The molecule has 4 aliphatic rings. The molecule has 6 atom stereocenters. The molecule has 0 aromatic heterocycles. The Morgan fingerprint density at radius 3 is 2.43 bits per heavy atom. The molecule has 4 heterocycles. The van der Waals surface area contributed by atoms with Crippen molar-refractivity contribution in [2.75, 3.05) is 44.0 Å². The normalized spacial score (nSPS) is 25.6. The minimum absolute atomic E-state index is 0.00172. The van der Waals surface area contributed by atoms with Gasteiger partial charge in [0.15, 0.2) is 0 Å². The molecule has 16 heteroatoms. The average molecular weight is 731 g/mol. The first kappa shape index (κ1) is 38.3. The first-order valence-corrected chi connectivity index (χ1v) is 18.8. The number of nitrogens with one attached hydrogen (secondary N) is 5. The highest BCUT2D eigenvalue weighted by Crippen LogP contribution is 2.46. The topological polar surface area (TPSA) is 204 Å². The van der Waals surface area contributed by atoms with E-state index < -0.39 is 23.5 Å². The molecular weight excluding hydrogens is 680 g/mol. The lowest BCUT2D eigenvalue weighted by molar-refractivity contribution is -0.163. The van der Waals surface area contributed by atoms with Gasteiger partial charge in [0.25, 0.3) is 0 Å². The molecule has 6 N–H and O–H groups in total. The monoisotopic (exact) mass is 730 g/mol. The maximum atomic E-state index is 12.6. The van der Waals surface area contributed by atoms with Crippen LogP contribution in [0, 0.1) is 5.41 Å². The smallest absolute Gasteiger partial charge is 0.326 e. The number of anilines is 1. The number of β-lactam (4-membered cyclic amide) rings is 1. The molecule has 6 amide bonds. The molecule has 3 unspecified atom stereocenters. The number of hydrogen-bond donors (Lipinski definition) is 6. The van der Waals surface area contributed by atoms with Crippen molar-refractivity contribution in [2.24, 2.45) is 5.41 Å². The van der Waals surface area contributed by atoms with Crippen LogP contribution in [0.4, 0.5) is 10.5 Å². The van der Waals surface area contributed by atoms with Gasteiger partial charge < -0.3 is 46.1 Å². The molecule has 51 heavy (non-hydrogen) atoms. The quantitative estimate of drug-likeness (QED) is 0.0647. The van der Waals surface area contributed by atoms with Crippen molar-refractivity contribution in [3.8, 4) is 0 Å². The number of aryl methyl sites for hydroxylation is 1. The zero-order valence-electron chi connectivity index (χ0n) is 29.2. The van der Waals surface area contributed by atoms with Gasteiger partial charge in [0.2, 0.25) is 23.6 Å². The lowest BCUT2D eigenvalue weighted by Gasteiger charge is -2.44. The molecular formula is C35H50N6O9S. The van der Waals surface area contributed by atoms with Crippen LogP contribution < -0.4 is 26.6 Å².